The number of carboxylic acid groups (broad SMARTS) is 1. The first kappa shape index (κ1) is 41.6. The Hall–Kier alpha value is -1.58. The lowest BCUT2D eigenvalue weighted by Crippen LogP contribution is -1.98. The van der Waals surface area contributed by atoms with Crippen molar-refractivity contribution in [2.75, 3.05) is 7.11 Å². The van der Waals surface area contributed by atoms with Crippen LogP contribution in [0.15, 0.2) is 24.3 Å². The van der Waals surface area contributed by atoms with E-state index in [1.807, 2.05) is 0 Å². The molecular formula is C37H70O4. The number of rotatable bonds is 30. The van der Waals surface area contributed by atoms with Crippen LogP contribution in [0.1, 0.15) is 194 Å². The fourth-order valence-electron chi connectivity index (χ4n) is 4.79. The van der Waals surface area contributed by atoms with Crippen LogP contribution in [-0.4, -0.2) is 24.2 Å². The minimum Gasteiger partial charge on any atom is -0.481 e. The van der Waals surface area contributed by atoms with E-state index in [-0.39, 0.29) is 5.97 Å². The smallest absolute Gasteiger partial charge is 0.305 e. The maximum atomic E-state index is 10.9. The van der Waals surface area contributed by atoms with Crippen molar-refractivity contribution in [2.45, 2.75) is 194 Å². The number of methoxy groups -OCH3 is 1. The van der Waals surface area contributed by atoms with Gasteiger partial charge in [0.25, 0.3) is 0 Å². The summed E-state index contributed by atoms with van der Waals surface area (Å²) in [5.41, 5.74) is 0. The van der Waals surface area contributed by atoms with Gasteiger partial charge >= 0.3 is 11.9 Å². The summed E-state index contributed by atoms with van der Waals surface area (Å²) in [4.78, 5) is 21.2. The van der Waals surface area contributed by atoms with Crippen LogP contribution in [0.3, 0.4) is 0 Å². The Bertz CT molecular complexity index is 581. The van der Waals surface area contributed by atoms with Crippen molar-refractivity contribution in [3.63, 3.8) is 0 Å². The quantitative estimate of drug-likeness (QED) is 0.0523. The lowest BCUT2D eigenvalue weighted by molar-refractivity contribution is -0.141. The summed E-state index contributed by atoms with van der Waals surface area (Å²) in [6, 6.07) is 0. The SMILES string of the molecule is CCCCCCCCC=CCCCCCCCC(=O)O.CCCCCCCCC=CCCCCCCCC(=O)OC. The molecule has 0 saturated heterocycles. The molecule has 242 valence electrons. The van der Waals surface area contributed by atoms with Gasteiger partial charge < -0.3 is 9.84 Å². The fourth-order valence-corrected chi connectivity index (χ4v) is 4.79. The average molecular weight is 579 g/mol. The number of carbonyl (C=O) groups is 2. The highest BCUT2D eigenvalue weighted by Crippen LogP contribution is 2.11. The van der Waals surface area contributed by atoms with Crippen molar-refractivity contribution in [3.05, 3.63) is 24.3 Å². The molecule has 0 aromatic heterocycles. The normalized spacial score (nSPS) is 11.2. The van der Waals surface area contributed by atoms with Crippen LogP contribution in [0.25, 0.3) is 0 Å². The Kier molecular flexibility index (Phi) is 38.9. The van der Waals surface area contributed by atoms with Gasteiger partial charge in [-0.05, 0) is 64.2 Å². The summed E-state index contributed by atoms with van der Waals surface area (Å²) < 4.78 is 4.62. The van der Waals surface area contributed by atoms with Gasteiger partial charge in [-0.25, -0.2) is 0 Å². The number of hydrogen-bond donors (Lipinski definition) is 1. The standard InChI is InChI=1S/C19H36O2.C18H34O2/c1-3-4-5-6-7-8-9-10-11-12-13-14-15-16-17-18-19(20)21-2;1-2-3-4-5-6-7-8-9-10-11-12-13-14-15-16-17-18(19)20/h10-11H,3-9,12-18H2,1-2H3;9-10H,2-8,11-17H2,1H3,(H,19,20). The number of allylic oxidation sites excluding steroid dienone is 4. The number of carboxylic acids is 1. The predicted octanol–water partition coefficient (Wildman–Crippen LogP) is 12.3. The van der Waals surface area contributed by atoms with Crippen molar-refractivity contribution in [2.24, 2.45) is 0 Å². The molecule has 4 nitrogen and oxygen atoms in total. The molecule has 0 saturated carbocycles. The molecule has 0 amide bonds. The maximum absolute atomic E-state index is 10.9. The van der Waals surface area contributed by atoms with Crippen LogP contribution in [0.4, 0.5) is 0 Å². The Morgan fingerprint density at radius 2 is 0.756 bits per heavy atom. The lowest BCUT2D eigenvalue weighted by Gasteiger charge is -2.00. The van der Waals surface area contributed by atoms with Gasteiger partial charge in [0.2, 0.25) is 0 Å². The van der Waals surface area contributed by atoms with Gasteiger partial charge in [0.15, 0.2) is 0 Å². The van der Waals surface area contributed by atoms with E-state index in [0.29, 0.717) is 12.8 Å². The van der Waals surface area contributed by atoms with Gasteiger partial charge in [-0.15, -0.1) is 0 Å². The van der Waals surface area contributed by atoms with Crippen LogP contribution >= 0.6 is 0 Å². The van der Waals surface area contributed by atoms with Crippen LogP contribution < -0.4 is 0 Å². The minimum absolute atomic E-state index is 0.0763. The van der Waals surface area contributed by atoms with E-state index in [9.17, 15) is 9.59 Å². The molecule has 0 unspecified atom stereocenters. The minimum atomic E-state index is -0.664. The summed E-state index contributed by atoms with van der Waals surface area (Å²) >= 11 is 0. The molecule has 0 aliphatic rings. The number of hydrogen-bond acceptors (Lipinski definition) is 3. The molecule has 0 fully saturated rings. The lowest BCUT2D eigenvalue weighted by atomic mass is 10.1. The maximum Gasteiger partial charge on any atom is 0.305 e. The molecule has 0 atom stereocenters. The number of aliphatic carboxylic acids is 1. The van der Waals surface area contributed by atoms with Crippen molar-refractivity contribution in [1.82, 2.24) is 0 Å². The second-order valence-corrected chi connectivity index (χ2v) is 11.6. The summed E-state index contributed by atoms with van der Waals surface area (Å²) in [6.45, 7) is 4.52. The van der Waals surface area contributed by atoms with Gasteiger partial charge in [0.1, 0.15) is 0 Å². The predicted molar refractivity (Wildman–Crippen MR) is 179 cm³/mol. The first-order valence-electron chi connectivity index (χ1n) is 17.7. The van der Waals surface area contributed by atoms with Crippen LogP contribution in [0, 0.1) is 0 Å². The van der Waals surface area contributed by atoms with E-state index in [4.69, 9.17) is 5.11 Å². The van der Waals surface area contributed by atoms with Gasteiger partial charge in [0.05, 0.1) is 7.11 Å². The molecule has 0 aromatic rings. The molecule has 0 aliphatic heterocycles. The van der Waals surface area contributed by atoms with Gasteiger partial charge in [-0.2, -0.15) is 0 Å². The molecule has 0 bridgehead atoms. The molecule has 4 heteroatoms. The topological polar surface area (TPSA) is 63.6 Å². The Labute approximate surface area is 256 Å². The van der Waals surface area contributed by atoms with Crippen molar-refractivity contribution >= 4 is 11.9 Å². The van der Waals surface area contributed by atoms with Crippen molar-refractivity contribution < 1.29 is 19.4 Å². The molecule has 0 rings (SSSR count). The molecule has 0 spiro atoms. The number of esters is 1. The van der Waals surface area contributed by atoms with Crippen LogP contribution in [-0.2, 0) is 14.3 Å². The third-order valence-corrected chi connectivity index (χ3v) is 7.52. The monoisotopic (exact) mass is 579 g/mol. The van der Waals surface area contributed by atoms with Crippen LogP contribution in [0.2, 0.25) is 0 Å². The van der Waals surface area contributed by atoms with Crippen molar-refractivity contribution in [1.29, 1.82) is 0 Å². The molecule has 0 aromatic carbocycles. The molecule has 0 aliphatic carbocycles. The number of carbonyl (C=O) groups excluding carboxylic acids is 1. The van der Waals surface area contributed by atoms with Crippen molar-refractivity contribution in [3.8, 4) is 0 Å². The van der Waals surface area contributed by atoms with Gasteiger partial charge in [-0.1, -0.05) is 141 Å². The zero-order chi connectivity index (χ0) is 30.5. The highest BCUT2D eigenvalue weighted by atomic mass is 16.5. The highest BCUT2D eigenvalue weighted by Gasteiger charge is 1.99. The van der Waals surface area contributed by atoms with Gasteiger partial charge in [-0.3, -0.25) is 9.59 Å². The number of unbranched alkanes of at least 4 members (excludes halogenated alkanes) is 22. The third kappa shape index (κ3) is 43.0. The Morgan fingerprint density at radius 3 is 1.07 bits per heavy atom. The van der Waals surface area contributed by atoms with E-state index >= 15 is 0 Å². The van der Waals surface area contributed by atoms with E-state index < -0.39 is 5.97 Å². The Balaban J connectivity index is 0. The van der Waals surface area contributed by atoms with E-state index in [0.717, 1.165) is 25.7 Å². The molecular weight excluding hydrogens is 508 g/mol. The second-order valence-electron chi connectivity index (χ2n) is 11.6. The first-order valence-corrected chi connectivity index (χ1v) is 17.7. The second kappa shape index (κ2) is 38.4. The van der Waals surface area contributed by atoms with Gasteiger partial charge in [0, 0.05) is 12.8 Å². The largest absolute Gasteiger partial charge is 0.481 e. The summed E-state index contributed by atoms with van der Waals surface area (Å²) in [5.74, 6) is -0.741. The van der Waals surface area contributed by atoms with E-state index in [1.165, 1.54) is 148 Å². The zero-order valence-corrected chi connectivity index (χ0v) is 27.8. The summed E-state index contributed by atoms with van der Waals surface area (Å²) in [5, 5.41) is 8.51. The number of ether oxygens (including phenoxy) is 1. The third-order valence-electron chi connectivity index (χ3n) is 7.52. The zero-order valence-electron chi connectivity index (χ0n) is 27.8. The first-order chi connectivity index (χ1) is 20.1. The summed E-state index contributed by atoms with van der Waals surface area (Å²) in [7, 11) is 1.46. The highest BCUT2D eigenvalue weighted by molar-refractivity contribution is 5.69. The molecule has 0 radical (unpaired) electrons. The molecule has 41 heavy (non-hydrogen) atoms. The summed E-state index contributed by atoms with van der Waals surface area (Å²) in [6.07, 6.45) is 43.2. The van der Waals surface area contributed by atoms with E-state index in [2.05, 4.69) is 42.9 Å². The molecule has 1 N–H and O–H groups in total. The van der Waals surface area contributed by atoms with E-state index in [1.54, 1.807) is 0 Å². The average Bonchev–Trinajstić information content (AvgIpc) is 2.97. The van der Waals surface area contributed by atoms with Crippen LogP contribution in [0.5, 0.6) is 0 Å². The molecule has 0 heterocycles. The Morgan fingerprint density at radius 1 is 0.463 bits per heavy atom. The fraction of sp³-hybridized carbons (Fsp3) is 0.838.